The number of aliphatic hydroxyl groups is 3. The van der Waals surface area contributed by atoms with E-state index in [-0.39, 0.29) is 24.8 Å². The third-order valence-electron chi connectivity index (χ3n) is 4.38. The molecule has 0 heterocycles. The van der Waals surface area contributed by atoms with Gasteiger partial charge >= 0.3 is 0 Å². The second-order valence-electron chi connectivity index (χ2n) is 6.48. The topological polar surface area (TPSA) is 96.2 Å². The standard InChI is InChI=1S/C25H26O6/c1-30-24-12-9-19(14-25(24)31-2)8-11-23(29)15-22(28)6-4-3-5-18-7-10-20(16-26)21(13-18)17-27/h3-15,26-28H,16-17H2,1-2H3/b5-3+,6-4+,11-8+,22-15-. The van der Waals surface area contributed by atoms with Gasteiger partial charge in [-0.15, -0.1) is 0 Å². The number of hydrogen-bond donors (Lipinski definition) is 3. The molecular weight excluding hydrogens is 396 g/mol. The molecule has 0 aliphatic heterocycles. The molecule has 0 radical (unpaired) electrons. The van der Waals surface area contributed by atoms with Crippen LogP contribution in [0.3, 0.4) is 0 Å². The monoisotopic (exact) mass is 422 g/mol. The number of carbonyl (C=O) groups is 1. The van der Waals surface area contributed by atoms with Crippen molar-refractivity contribution in [2.75, 3.05) is 14.2 Å². The van der Waals surface area contributed by atoms with Gasteiger partial charge in [0.05, 0.1) is 27.4 Å². The predicted molar refractivity (Wildman–Crippen MR) is 121 cm³/mol. The Kier molecular flexibility index (Phi) is 9.29. The van der Waals surface area contributed by atoms with Crippen molar-refractivity contribution in [3.63, 3.8) is 0 Å². The maximum atomic E-state index is 12.0. The molecule has 2 aromatic carbocycles. The molecule has 3 N–H and O–H groups in total. The molecule has 2 aromatic rings. The number of benzene rings is 2. The normalized spacial score (nSPS) is 12.2. The van der Waals surface area contributed by atoms with Crippen molar-refractivity contribution in [1.29, 1.82) is 0 Å². The van der Waals surface area contributed by atoms with Crippen molar-refractivity contribution in [2.45, 2.75) is 13.2 Å². The molecule has 0 bridgehead atoms. The summed E-state index contributed by atoms with van der Waals surface area (Å²) < 4.78 is 10.4. The Bertz CT molecular complexity index is 1010. The molecule has 0 aliphatic rings. The molecule has 162 valence electrons. The average Bonchev–Trinajstić information content (AvgIpc) is 2.79. The molecule has 0 spiro atoms. The molecule has 0 atom stereocenters. The molecule has 2 rings (SSSR count). The van der Waals surface area contributed by atoms with Crippen molar-refractivity contribution < 1.29 is 29.6 Å². The van der Waals surface area contributed by atoms with Gasteiger partial charge < -0.3 is 24.8 Å². The lowest BCUT2D eigenvalue weighted by Gasteiger charge is -2.07. The van der Waals surface area contributed by atoms with Crippen LogP contribution in [0.25, 0.3) is 12.2 Å². The van der Waals surface area contributed by atoms with Gasteiger partial charge in [0, 0.05) is 6.08 Å². The largest absolute Gasteiger partial charge is 0.508 e. The molecule has 31 heavy (non-hydrogen) atoms. The van der Waals surface area contributed by atoms with E-state index in [1.54, 1.807) is 61.7 Å². The smallest absolute Gasteiger partial charge is 0.182 e. The first-order valence-electron chi connectivity index (χ1n) is 9.53. The highest BCUT2D eigenvalue weighted by atomic mass is 16.5. The molecule has 0 aliphatic carbocycles. The molecular formula is C25H26O6. The van der Waals surface area contributed by atoms with Crippen molar-refractivity contribution in [3.8, 4) is 11.5 Å². The van der Waals surface area contributed by atoms with E-state index in [2.05, 4.69) is 0 Å². The number of aliphatic hydroxyl groups excluding tert-OH is 3. The van der Waals surface area contributed by atoms with E-state index in [1.807, 2.05) is 6.07 Å². The zero-order valence-electron chi connectivity index (χ0n) is 17.5. The molecule has 0 saturated heterocycles. The third-order valence-corrected chi connectivity index (χ3v) is 4.38. The fourth-order valence-corrected chi connectivity index (χ4v) is 2.75. The Balaban J connectivity index is 1.98. The number of ether oxygens (including phenoxy) is 2. The summed E-state index contributed by atoms with van der Waals surface area (Å²) in [4.78, 5) is 12.0. The van der Waals surface area contributed by atoms with E-state index >= 15 is 0 Å². The quantitative estimate of drug-likeness (QED) is 0.304. The molecule has 6 nitrogen and oxygen atoms in total. The highest BCUT2D eigenvalue weighted by Gasteiger charge is 2.03. The molecule has 0 saturated carbocycles. The minimum Gasteiger partial charge on any atom is -0.508 e. The Morgan fingerprint density at radius 3 is 2.19 bits per heavy atom. The first-order chi connectivity index (χ1) is 15.0. The molecule has 0 fully saturated rings. The summed E-state index contributed by atoms with van der Waals surface area (Å²) in [5.41, 5.74) is 2.92. The van der Waals surface area contributed by atoms with Crippen LogP contribution < -0.4 is 9.47 Å². The van der Waals surface area contributed by atoms with Crippen molar-refractivity contribution in [2.24, 2.45) is 0 Å². The van der Waals surface area contributed by atoms with Gasteiger partial charge in [0.25, 0.3) is 0 Å². The summed E-state index contributed by atoms with van der Waals surface area (Å²) in [6.07, 6.45) is 10.5. The summed E-state index contributed by atoms with van der Waals surface area (Å²) in [5, 5.41) is 28.5. The summed E-state index contributed by atoms with van der Waals surface area (Å²) in [7, 11) is 3.08. The maximum absolute atomic E-state index is 12.0. The third kappa shape index (κ3) is 7.29. The van der Waals surface area contributed by atoms with Crippen LogP contribution in [-0.4, -0.2) is 35.3 Å². The van der Waals surface area contributed by atoms with E-state index in [0.29, 0.717) is 22.6 Å². The van der Waals surface area contributed by atoms with Crippen LogP contribution in [-0.2, 0) is 18.0 Å². The molecule has 6 heteroatoms. The van der Waals surface area contributed by atoms with Gasteiger partial charge in [-0.25, -0.2) is 0 Å². The number of rotatable bonds is 10. The summed E-state index contributed by atoms with van der Waals surface area (Å²) in [6, 6.07) is 10.6. The zero-order valence-corrected chi connectivity index (χ0v) is 17.5. The second kappa shape index (κ2) is 12.2. The highest BCUT2D eigenvalue weighted by molar-refractivity contribution is 6.02. The number of hydrogen-bond acceptors (Lipinski definition) is 6. The fraction of sp³-hybridized carbons (Fsp3) is 0.160. The van der Waals surface area contributed by atoms with Gasteiger partial charge in [-0.2, -0.15) is 0 Å². The van der Waals surface area contributed by atoms with Crippen LogP contribution in [0.5, 0.6) is 11.5 Å². The van der Waals surface area contributed by atoms with Crippen LogP contribution in [0.1, 0.15) is 22.3 Å². The van der Waals surface area contributed by atoms with Gasteiger partial charge in [-0.05, 0) is 52.6 Å². The van der Waals surface area contributed by atoms with E-state index in [0.717, 1.165) is 17.2 Å². The lowest BCUT2D eigenvalue weighted by molar-refractivity contribution is -0.110. The van der Waals surface area contributed by atoms with E-state index in [4.69, 9.17) is 9.47 Å². The molecule has 0 aromatic heterocycles. The van der Waals surface area contributed by atoms with Crippen LogP contribution in [0.4, 0.5) is 0 Å². The Morgan fingerprint density at radius 1 is 0.839 bits per heavy atom. The van der Waals surface area contributed by atoms with Crippen molar-refractivity contribution in [1.82, 2.24) is 0 Å². The molecule has 0 unspecified atom stereocenters. The first kappa shape index (κ1) is 23.7. The van der Waals surface area contributed by atoms with Gasteiger partial charge in [0.2, 0.25) is 0 Å². The lowest BCUT2D eigenvalue weighted by atomic mass is 10.0. The fourth-order valence-electron chi connectivity index (χ4n) is 2.75. The zero-order chi connectivity index (χ0) is 22.6. The summed E-state index contributed by atoms with van der Waals surface area (Å²) in [5.74, 6) is 0.604. The Hall–Kier alpha value is -3.61. The van der Waals surface area contributed by atoms with E-state index in [9.17, 15) is 20.1 Å². The summed E-state index contributed by atoms with van der Waals surface area (Å²) >= 11 is 0. The van der Waals surface area contributed by atoms with Gasteiger partial charge in [-0.3, -0.25) is 4.79 Å². The van der Waals surface area contributed by atoms with Crippen LogP contribution in [0.15, 0.2) is 72.5 Å². The molecule has 0 amide bonds. The number of methoxy groups -OCH3 is 2. The number of allylic oxidation sites excluding steroid dienone is 5. The minimum absolute atomic E-state index is 0.132. The average molecular weight is 422 g/mol. The number of ketones is 1. The predicted octanol–water partition coefficient (Wildman–Crippen LogP) is 3.98. The van der Waals surface area contributed by atoms with E-state index < -0.39 is 0 Å². The summed E-state index contributed by atoms with van der Waals surface area (Å²) in [6.45, 7) is -0.289. The van der Waals surface area contributed by atoms with Crippen LogP contribution in [0.2, 0.25) is 0 Å². The van der Waals surface area contributed by atoms with Gasteiger partial charge in [-0.1, -0.05) is 42.5 Å². The van der Waals surface area contributed by atoms with Crippen molar-refractivity contribution >= 4 is 17.9 Å². The lowest BCUT2D eigenvalue weighted by Crippen LogP contribution is -1.94. The van der Waals surface area contributed by atoms with Gasteiger partial charge in [0.15, 0.2) is 17.3 Å². The van der Waals surface area contributed by atoms with Gasteiger partial charge in [0.1, 0.15) is 5.76 Å². The van der Waals surface area contributed by atoms with Crippen LogP contribution >= 0.6 is 0 Å². The second-order valence-corrected chi connectivity index (χ2v) is 6.48. The minimum atomic E-state index is -0.368. The van der Waals surface area contributed by atoms with E-state index in [1.165, 1.54) is 19.3 Å². The maximum Gasteiger partial charge on any atom is 0.182 e. The highest BCUT2D eigenvalue weighted by Crippen LogP contribution is 2.27. The Labute approximate surface area is 181 Å². The first-order valence-corrected chi connectivity index (χ1v) is 9.53. The Morgan fingerprint density at radius 2 is 1.52 bits per heavy atom. The number of carbonyl (C=O) groups excluding carboxylic acids is 1. The SMILES string of the molecule is COc1ccc(/C=C/C(=O)/C=C(O)/C=C/C=C/c2ccc(CO)c(CO)c2)cc1OC. The van der Waals surface area contributed by atoms with Crippen molar-refractivity contribution in [3.05, 3.63) is 94.8 Å². The van der Waals surface area contributed by atoms with Crippen LogP contribution in [0, 0.1) is 0 Å².